The summed E-state index contributed by atoms with van der Waals surface area (Å²) in [6, 6.07) is 7.89. The van der Waals surface area contributed by atoms with Crippen LogP contribution in [0.3, 0.4) is 0 Å². The molecule has 0 fully saturated rings. The molecule has 2 nitrogen and oxygen atoms in total. The molecule has 1 N–H and O–H groups in total. The van der Waals surface area contributed by atoms with Crippen LogP contribution < -0.4 is 0 Å². The highest BCUT2D eigenvalue weighted by molar-refractivity contribution is 5.82. The van der Waals surface area contributed by atoms with Gasteiger partial charge in [0.05, 0.1) is 11.6 Å². The third kappa shape index (κ3) is 0.589. The fraction of sp³-hybridized carbons (Fsp3) is 0. The number of aromatic hydroxyl groups is 1. The summed E-state index contributed by atoms with van der Waals surface area (Å²) >= 11 is 0. The van der Waals surface area contributed by atoms with Crippen molar-refractivity contribution in [1.29, 1.82) is 0 Å². The number of phenols is 1. The minimum absolute atomic E-state index is 0.214. The number of phenolic OH excluding ortho intramolecular Hbond substituents is 1. The van der Waals surface area contributed by atoms with E-state index in [9.17, 15) is 0 Å². The van der Waals surface area contributed by atoms with Crippen LogP contribution in [0, 0.1) is 6.07 Å². The zero-order valence-electron chi connectivity index (χ0n) is 5.16. The summed E-state index contributed by atoms with van der Waals surface area (Å²) in [6.07, 6.45) is 1.43. The maximum absolute atomic E-state index is 9.17. The van der Waals surface area contributed by atoms with Crippen LogP contribution >= 0.6 is 0 Å². The number of hydrogen-bond donors (Lipinski definition) is 1. The summed E-state index contributed by atoms with van der Waals surface area (Å²) in [7, 11) is 0. The fourth-order valence-corrected chi connectivity index (χ4v) is 0.915. The van der Waals surface area contributed by atoms with E-state index in [0.717, 1.165) is 0 Å². The summed E-state index contributed by atoms with van der Waals surface area (Å²) in [5.74, 6) is 0.214. The summed E-state index contributed by atoms with van der Waals surface area (Å²) in [4.78, 5) is 0. The second-order valence-corrected chi connectivity index (χ2v) is 2.03. The molecule has 2 rings (SSSR count). The topological polar surface area (TPSA) is 33.4 Å². The average molecular weight is 133 g/mol. The van der Waals surface area contributed by atoms with Crippen LogP contribution in [0.1, 0.15) is 0 Å². The number of benzene rings is 1. The molecule has 10 heavy (non-hydrogen) atoms. The highest BCUT2D eigenvalue weighted by Crippen LogP contribution is 2.23. The molecular weight excluding hydrogens is 128 g/mol. The molecule has 0 saturated heterocycles. The molecule has 1 heterocycles. The van der Waals surface area contributed by atoms with Crippen LogP contribution in [0.2, 0.25) is 0 Å². The van der Waals surface area contributed by atoms with Crippen LogP contribution in [-0.2, 0) is 0 Å². The molecule has 1 aromatic carbocycles. The van der Waals surface area contributed by atoms with Crippen molar-refractivity contribution in [1.82, 2.24) is 0 Å². The van der Waals surface area contributed by atoms with Gasteiger partial charge in [-0.25, -0.2) is 0 Å². The standard InChI is InChI=1S/C8H5O2/c9-7-2-1-3-8-6(7)4-5-10-8/h1-3,5,9H. The predicted octanol–water partition coefficient (Wildman–Crippen LogP) is 1.94. The lowest BCUT2D eigenvalue weighted by Crippen LogP contribution is -1.64. The zero-order chi connectivity index (χ0) is 6.97. The van der Waals surface area contributed by atoms with E-state index in [1.807, 2.05) is 0 Å². The largest absolute Gasteiger partial charge is 0.507 e. The van der Waals surface area contributed by atoms with Gasteiger partial charge in [-0.15, -0.1) is 0 Å². The van der Waals surface area contributed by atoms with Gasteiger partial charge in [0.1, 0.15) is 11.3 Å². The van der Waals surface area contributed by atoms with E-state index in [2.05, 4.69) is 6.07 Å². The van der Waals surface area contributed by atoms with E-state index in [1.54, 1.807) is 18.2 Å². The third-order valence-corrected chi connectivity index (χ3v) is 1.39. The number of furan rings is 1. The summed E-state index contributed by atoms with van der Waals surface area (Å²) in [5, 5.41) is 9.81. The quantitative estimate of drug-likeness (QED) is 0.595. The Morgan fingerprint density at radius 3 is 3.10 bits per heavy atom. The van der Waals surface area contributed by atoms with Gasteiger partial charge >= 0.3 is 0 Å². The van der Waals surface area contributed by atoms with E-state index < -0.39 is 0 Å². The van der Waals surface area contributed by atoms with Crippen molar-refractivity contribution in [2.24, 2.45) is 0 Å². The highest BCUT2D eigenvalue weighted by Gasteiger charge is 1.99. The molecule has 0 atom stereocenters. The van der Waals surface area contributed by atoms with Crippen LogP contribution in [0.15, 0.2) is 28.9 Å². The molecular formula is C8H5O2. The normalized spacial score (nSPS) is 10.4. The summed E-state index contributed by atoms with van der Waals surface area (Å²) in [5.41, 5.74) is 0.667. The lowest BCUT2D eigenvalue weighted by molar-refractivity contribution is 0.481. The Labute approximate surface area is 57.7 Å². The first kappa shape index (κ1) is 5.35. The Morgan fingerprint density at radius 1 is 1.40 bits per heavy atom. The predicted molar refractivity (Wildman–Crippen MR) is 36.7 cm³/mol. The van der Waals surface area contributed by atoms with Gasteiger partial charge in [-0.05, 0) is 12.1 Å². The van der Waals surface area contributed by atoms with E-state index in [4.69, 9.17) is 9.52 Å². The lowest BCUT2D eigenvalue weighted by atomic mass is 10.2. The molecule has 0 bridgehead atoms. The molecule has 1 radical (unpaired) electrons. The maximum atomic E-state index is 9.17. The Morgan fingerprint density at radius 2 is 2.30 bits per heavy atom. The molecule has 0 spiro atoms. The Hall–Kier alpha value is -1.44. The molecule has 49 valence electrons. The molecule has 0 aliphatic rings. The summed E-state index contributed by atoms with van der Waals surface area (Å²) in [6.45, 7) is 0. The van der Waals surface area contributed by atoms with Crippen LogP contribution in [0.25, 0.3) is 11.0 Å². The van der Waals surface area contributed by atoms with Crippen molar-refractivity contribution in [2.45, 2.75) is 0 Å². The molecule has 1 aromatic heterocycles. The van der Waals surface area contributed by atoms with E-state index in [0.29, 0.717) is 11.0 Å². The van der Waals surface area contributed by atoms with Gasteiger partial charge in [0.2, 0.25) is 0 Å². The van der Waals surface area contributed by atoms with Gasteiger partial charge in [0.25, 0.3) is 0 Å². The van der Waals surface area contributed by atoms with Gasteiger partial charge in [0.15, 0.2) is 0 Å². The van der Waals surface area contributed by atoms with E-state index in [1.165, 1.54) is 6.26 Å². The van der Waals surface area contributed by atoms with Crippen molar-refractivity contribution in [2.75, 3.05) is 0 Å². The maximum Gasteiger partial charge on any atom is 0.138 e. The van der Waals surface area contributed by atoms with E-state index >= 15 is 0 Å². The number of hydrogen-bond acceptors (Lipinski definition) is 2. The molecule has 2 aromatic rings. The van der Waals surface area contributed by atoms with Gasteiger partial charge in [-0.3, -0.25) is 0 Å². The molecule has 0 aliphatic heterocycles. The Kier molecular flexibility index (Phi) is 0.947. The summed E-state index contributed by atoms with van der Waals surface area (Å²) < 4.78 is 4.98. The van der Waals surface area contributed by atoms with Crippen molar-refractivity contribution in [3.8, 4) is 5.75 Å². The number of rotatable bonds is 0. The molecule has 0 aliphatic carbocycles. The SMILES string of the molecule is Oc1cccc2oc[c]c12. The zero-order valence-corrected chi connectivity index (χ0v) is 5.16. The van der Waals surface area contributed by atoms with Gasteiger partial charge in [-0.2, -0.15) is 0 Å². The minimum atomic E-state index is 0.214. The van der Waals surface area contributed by atoms with Gasteiger partial charge < -0.3 is 9.52 Å². The lowest BCUT2D eigenvalue weighted by Gasteiger charge is -1.89. The highest BCUT2D eigenvalue weighted by atomic mass is 16.3. The van der Waals surface area contributed by atoms with Crippen molar-refractivity contribution < 1.29 is 9.52 Å². The van der Waals surface area contributed by atoms with Crippen LogP contribution in [0.5, 0.6) is 5.75 Å². The fourth-order valence-electron chi connectivity index (χ4n) is 0.915. The Balaban J connectivity index is 2.95. The minimum Gasteiger partial charge on any atom is -0.507 e. The second kappa shape index (κ2) is 1.77. The number of fused-ring (bicyclic) bond motifs is 1. The molecule has 0 unspecified atom stereocenters. The third-order valence-electron chi connectivity index (χ3n) is 1.39. The van der Waals surface area contributed by atoms with Crippen molar-refractivity contribution in [3.05, 3.63) is 30.5 Å². The Bertz CT molecular complexity index is 349. The first-order valence-corrected chi connectivity index (χ1v) is 2.95. The van der Waals surface area contributed by atoms with Crippen LogP contribution in [-0.4, -0.2) is 5.11 Å². The molecule has 2 heteroatoms. The first-order valence-electron chi connectivity index (χ1n) is 2.95. The molecule has 0 amide bonds. The molecule has 0 saturated carbocycles. The van der Waals surface area contributed by atoms with Gasteiger partial charge in [-0.1, -0.05) is 6.07 Å². The average Bonchev–Trinajstić information content (AvgIpc) is 2.36. The van der Waals surface area contributed by atoms with Gasteiger partial charge in [0, 0.05) is 6.07 Å². The second-order valence-electron chi connectivity index (χ2n) is 2.03. The smallest absolute Gasteiger partial charge is 0.138 e. The van der Waals surface area contributed by atoms with E-state index in [-0.39, 0.29) is 5.75 Å². The van der Waals surface area contributed by atoms with Crippen molar-refractivity contribution in [3.63, 3.8) is 0 Å². The first-order chi connectivity index (χ1) is 4.88. The monoisotopic (exact) mass is 133 g/mol. The van der Waals surface area contributed by atoms with Crippen LogP contribution in [0.4, 0.5) is 0 Å². The van der Waals surface area contributed by atoms with Crippen molar-refractivity contribution >= 4 is 11.0 Å².